The van der Waals surface area contributed by atoms with Crippen molar-refractivity contribution in [3.63, 3.8) is 0 Å². The van der Waals surface area contributed by atoms with Gasteiger partial charge in [-0.15, -0.1) is 0 Å². The lowest BCUT2D eigenvalue weighted by Crippen LogP contribution is -2.60. The number of nitrogen functional groups attached to an aromatic ring is 1. The number of anilines is 4. The molecule has 0 bridgehead atoms. The van der Waals surface area contributed by atoms with Crippen LogP contribution in [0.4, 0.5) is 32.3 Å². The number of benzene rings is 6. The first-order valence-corrected chi connectivity index (χ1v) is 26.7. The highest BCUT2D eigenvalue weighted by molar-refractivity contribution is 7.60. The maximum atomic E-state index is 12.8. The molecule has 4 heterocycles. The summed E-state index contributed by atoms with van der Waals surface area (Å²) in [5.74, 6) is 0. The topological polar surface area (TPSA) is 304 Å². The number of nitrogens with two attached hydrogens (primary N) is 1. The van der Waals surface area contributed by atoms with Crippen LogP contribution in [0.5, 0.6) is 0 Å². The number of hydrogen-bond acceptors (Lipinski definition) is 19. The maximum absolute atomic E-state index is 12.8. The van der Waals surface area contributed by atoms with Gasteiger partial charge in [-0.05, 0) is 70.8 Å². The lowest BCUT2D eigenvalue weighted by Gasteiger charge is -2.40. The number of amides is 2. The molecule has 12 atom stereocenters. The summed E-state index contributed by atoms with van der Waals surface area (Å²) >= 11 is 0. The fourth-order valence-corrected chi connectivity index (χ4v) is 9.83. The van der Waals surface area contributed by atoms with Gasteiger partial charge in [0.15, 0.2) is 12.5 Å². The van der Waals surface area contributed by atoms with Crippen LogP contribution < -0.4 is 20.9 Å². The van der Waals surface area contributed by atoms with Crippen LogP contribution in [0.3, 0.4) is 0 Å². The van der Waals surface area contributed by atoms with E-state index in [0.717, 1.165) is 31.9 Å². The number of aliphatic hydroxyl groups is 9. The van der Waals surface area contributed by atoms with Crippen molar-refractivity contribution < 1.29 is 74.5 Å². The summed E-state index contributed by atoms with van der Waals surface area (Å²) in [6, 6.07) is 55.4. The van der Waals surface area contributed by atoms with Gasteiger partial charge in [0, 0.05) is 62.0 Å². The van der Waals surface area contributed by atoms with E-state index in [-0.39, 0.29) is 123 Å². The number of carbonyl (C=O) groups excluding carboxylic acids is 2. The van der Waals surface area contributed by atoms with Gasteiger partial charge >= 0.3 is 12.2 Å². The molecular formula is C65H102N6O15S5. The molecule has 4 saturated heterocycles. The van der Waals surface area contributed by atoms with Crippen molar-refractivity contribution >= 4 is 102 Å². The van der Waals surface area contributed by atoms with Gasteiger partial charge in [-0.25, -0.2) is 9.59 Å². The van der Waals surface area contributed by atoms with Gasteiger partial charge in [-0.2, -0.15) is 67.5 Å². The number of aliphatic hydroxyl groups excluding tert-OH is 9. The monoisotopic (exact) mass is 1370 g/mol. The first kappa shape index (κ1) is 89.9. The third-order valence-corrected chi connectivity index (χ3v) is 14.1. The smallest absolute Gasteiger partial charge is 0.414 e. The predicted molar refractivity (Wildman–Crippen MR) is 385 cm³/mol. The normalized spacial score (nSPS) is 23.4. The summed E-state index contributed by atoms with van der Waals surface area (Å²) < 4.78 is 21.5. The largest absolute Gasteiger partial charge is 0.443 e. The van der Waals surface area contributed by atoms with E-state index in [1.54, 1.807) is 46.2 Å². The number of nitrogens with one attached hydrogen (secondary N) is 1. The molecule has 91 heavy (non-hydrogen) atoms. The molecule has 2 amide bonds. The number of rotatable bonds is 18. The molecule has 4 unspecified atom stereocenters. The zero-order chi connectivity index (χ0) is 57.4. The minimum absolute atomic E-state index is 0. The minimum Gasteiger partial charge on any atom is -0.443 e. The molecule has 0 radical (unpaired) electrons. The molecule has 512 valence electrons. The SMILES string of the molecule is C.C.C.C.C.Nc1ccc(N2C[C@@H](CN(Cc3ccccc3)Cc3ccccc3)OC2=O)cc1.O=C1O[C@H](CN(Cc2ccccc2)Cc2ccccc2)CN1c1ccc(N[C@H]2OC(CO)[C@H](O)C(O)[C@H]2O)cc1.OCC1O[C@H](O)C(O)[C@@H](O)[C@@H]1O.S.S.S.S.S. The molecule has 21 nitrogen and oxygen atoms in total. The van der Waals surface area contributed by atoms with E-state index in [9.17, 15) is 30.0 Å². The van der Waals surface area contributed by atoms with Crippen molar-refractivity contribution in [1.29, 1.82) is 0 Å². The number of cyclic esters (lactones) is 2. The Morgan fingerprint density at radius 1 is 0.429 bits per heavy atom. The van der Waals surface area contributed by atoms with E-state index < -0.39 is 80.7 Å². The number of ether oxygens (including phenoxy) is 4. The predicted octanol–water partition coefficient (Wildman–Crippen LogP) is 6.75. The maximum Gasteiger partial charge on any atom is 0.414 e. The van der Waals surface area contributed by atoms with Crippen LogP contribution in [-0.4, -0.2) is 181 Å². The number of carbonyl (C=O) groups is 2. The average molecular weight is 1370 g/mol. The highest BCUT2D eigenvalue weighted by Crippen LogP contribution is 2.29. The second-order valence-electron chi connectivity index (χ2n) is 20.3. The van der Waals surface area contributed by atoms with E-state index in [1.807, 2.05) is 60.7 Å². The van der Waals surface area contributed by atoms with Gasteiger partial charge in [-0.3, -0.25) is 19.6 Å². The highest BCUT2D eigenvalue weighted by atomic mass is 32.1. The van der Waals surface area contributed by atoms with E-state index in [4.69, 9.17) is 45.5 Å². The van der Waals surface area contributed by atoms with Crippen LogP contribution in [0.1, 0.15) is 59.4 Å². The Morgan fingerprint density at radius 2 is 0.747 bits per heavy atom. The van der Waals surface area contributed by atoms with Crippen LogP contribution in [0.15, 0.2) is 170 Å². The zero-order valence-electron chi connectivity index (χ0n) is 47.0. The third-order valence-electron chi connectivity index (χ3n) is 14.1. The lowest BCUT2D eigenvalue weighted by atomic mass is 9.98. The molecule has 4 fully saturated rings. The number of nitrogens with zero attached hydrogens (tertiary/aromatic N) is 4. The highest BCUT2D eigenvalue weighted by Gasteiger charge is 2.44. The van der Waals surface area contributed by atoms with Crippen LogP contribution in [-0.2, 0) is 45.1 Å². The Morgan fingerprint density at radius 3 is 1.09 bits per heavy atom. The van der Waals surface area contributed by atoms with E-state index in [1.165, 1.54) is 22.3 Å². The van der Waals surface area contributed by atoms with Crippen molar-refractivity contribution in [2.45, 2.75) is 137 Å². The molecule has 0 aliphatic carbocycles. The van der Waals surface area contributed by atoms with Gasteiger partial charge in [-0.1, -0.05) is 158 Å². The molecule has 4 aliphatic heterocycles. The standard InChI is InChI=1S/C30H35N3O7.C24H25N3O2.C6H12O6.5CH4.5H2S/c34-19-25-26(35)27(36)28(37)29(40-25)31-22-11-13-23(14-12-22)33-18-24(39-30(33)38)17-32(15-20-7-3-1-4-8-20)16-21-9-5-2-6-10-21;25-21-11-13-22(14-12-21)27-18-23(29-24(27)28)17-26(15-19-7-3-1-4-8-19)16-20-9-5-2-6-10-20;7-1-2-3(8)4(9)5(10)6(11)12-2;;;;;;;;;;/h1-14,24-29,31,34-37H,15-19H2;1-14,23H,15-18,25H2;2-11H,1H2;5*1H4;5*1H2/t24-,25?,26+,27?,28-,29+;23-;2?,3-,4+,5?,6+;;;;;;;;;;/m111........../s1. The molecule has 4 aliphatic rings. The fraction of sp³-hybridized carbons (Fsp3) is 0.415. The molecule has 26 heteroatoms. The van der Waals surface area contributed by atoms with Crippen molar-refractivity contribution in [3.8, 4) is 0 Å². The first-order valence-electron chi connectivity index (χ1n) is 26.7. The Labute approximate surface area is 572 Å². The van der Waals surface area contributed by atoms with Gasteiger partial charge in [0.05, 0.1) is 26.3 Å². The Hall–Kier alpha value is -5.31. The molecule has 10 rings (SSSR count). The summed E-state index contributed by atoms with van der Waals surface area (Å²) in [5.41, 5.74) is 13.3. The van der Waals surface area contributed by atoms with Crippen LogP contribution >= 0.6 is 67.5 Å². The molecule has 0 saturated carbocycles. The van der Waals surface area contributed by atoms with Crippen molar-refractivity contribution in [2.75, 3.05) is 60.2 Å². The van der Waals surface area contributed by atoms with Crippen LogP contribution in [0, 0.1) is 0 Å². The summed E-state index contributed by atoms with van der Waals surface area (Å²) in [6.45, 7) is 4.18. The third kappa shape index (κ3) is 25.5. The van der Waals surface area contributed by atoms with E-state index in [0.29, 0.717) is 43.2 Å². The van der Waals surface area contributed by atoms with Crippen molar-refractivity contribution in [1.82, 2.24) is 9.80 Å². The second kappa shape index (κ2) is 44.3. The molecule has 12 N–H and O–H groups in total. The molecule has 0 aromatic heterocycles. The Kier molecular flexibility index (Phi) is 43.8. The second-order valence-corrected chi connectivity index (χ2v) is 20.3. The Bertz CT molecular complexity index is 2780. The summed E-state index contributed by atoms with van der Waals surface area (Å²) in [7, 11) is 0. The summed E-state index contributed by atoms with van der Waals surface area (Å²) in [5, 5.41) is 87.3. The van der Waals surface area contributed by atoms with Crippen molar-refractivity contribution in [3.05, 3.63) is 192 Å². The Balaban J connectivity index is -0.00000135. The summed E-state index contributed by atoms with van der Waals surface area (Å²) in [4.78, 5) is 33.1. The van der Waals surface area contributed by atoms with Crippen LogP contribution in [0.2, 0.25) is 0 Å². The molecular weight excluding hydrogens is 1270 g/mol. The van der Waals surface area contributed by atoms with Gasteiger partial charge in [0.2, 0.25) is 0 Å². The molecule has 6 aromatic rings. The summed E-state index contributed by atoms with van der Waals surface area (Å²) in [6.07, 6.45) is -14.6. The quantitative estimate of drug-likeness (QED) is 0.0397. The first-order chi connectivity index (χ1) is 39.2. The lowest BCUT2D eigenvalue weighted by molar-refractivity contribution is -0.286. The van der Waals surface area contributed by atoms with Gasteiger partial charge in [0.25, 0.3) is 0 Å². The van der Waals surface area contributed by atoms with Gasteiger partial charge < -0.3 is 76.0 Å². The van der Waals surface area contributed by atoms with Crippen LogP contribution in [0.25, 0.3) is 0 Å². The molecule has 6 aromatic carbocycles. The van der Waals surface area contributed by atoms with E-state index >= 15 is 0 Å². The number of hydrogen-bond donors (Lipinski definition) is 11. The molecule has 0 spiro atoms. The van der Waals surface area contributed by atoms with Crippen molar-refractivity contribution in [2.24, 2.45) is 0 Å². The fourth-order valence-electron chi connectivity index (χ4n) is 9.83. The van der Waals surface area contributed by atoms with Gasteiger partial charge in [0.1, 0.15) is 61.0 Å². The van der Waals surface area contributed by atoms with E-state index in [2.05, 4.69) is 92.6 Å². The average Bonchev–Trinajstić information content (AvgIpc) is 2.11. The minimum atomic E-state index is -1.57. The zero-order valence-corrected chi connectivity index (χ0v) is 52.0.